The average molecular weight is 245 g/mol. The smallest absolute Gasteiger partial charge is 0.244 e. The summed E-state index contributed by atoms with van der Waals surface area (Å²) >= 11 is 0. The van der Waals surface area contributed by atoms with Gasteiger partial charge in [-0.25, -0.2) is 13.1 Å². The Balaban J connectivity index is 2.83. The van der Waals surface area contributed by atoms with Crippen LogP contribution in [0.25, 0.3) is 0 Å². The molecule has 0 aliphatic heterocycles. The lowest BCUT2D eigenvalue weighted by atomic mass is 10.4. The Hall–Kier alpha value is -1.18. The van der Waals surface area contributed by atoms with Gasteiger partial charge in [-0.3, -0.25) is 4.98 Å². The third kappa shape index (κ3) is 3.16. The van der Waals surface area contributed by atoms with Crippen molar-refractivity contribution in [1.29, 1.82) is 0 Å². The topological polar surface area (TPSA) is 94.3 Å². The number of aromatic nitrogens is 1. The van der Waals surface area contributed by atoms with E-state index >= 15 is 0 Å². The number of rotatable bonds is 5. The summed E-state index contributed by atoms with van der Waals surface area (Å²) in [5.41, 5.74) is 5.73. The molecular formula is C9H15N3O3S. The lowest BCUT2D eigenvalue weighted by Crippen LogP contribution is -2.32. The monoisotopic (exact) mass is 245 g/mol. The number of anilines is 1. The maximum atomic E-state index is 11.8. The van der Waals surface area contributed by atoms with Gasteiger partial charge in [0, 0.05) is 26.0 Å². The first-order chi connectivity index (χ1) is 7.47. The van der Waals surface area contributed by atoms with Crippen LogP contribution in [0.2, 0.25) is 0 Å². The molecule has 0 aromatic carbocycles. The van der Waals surface area contributed by atoms with Crippen LogP contribution < -0.4 is 10.5 Å². The van der Waals surface area contributed by atoms with Crippen molar-refractivity contribution in [1.82, 2.24) is 9.71 Å². The van der Waals surface area contributed by atoms with Crippen molar-refractivity contribution >= 4 is 15.7 Å². The number of nitrogens with zero attached hydrogens (tertiary/aromatic N) is 1. The van der Waals surface area contributed by atoms with Crippen molar-refractivity contribution < 1.29 is 13.2 Å². The molecule has 0 spiro atoms. The molecule has 1 aromatic heterocycles. The third-order valence-corrected chi connectivity index (χ3v) is 3.54. The van der Waals surface area contributed by atoms with E-state index in [2.05, 4.69) is 9.71 Å². The Morgan fingerprint density at radius 2 is 2.31 bits per heavy atom. The first-order valence-corrected chi connectivity index (χ1v) is 6.17. The second-order valence-corrected chi connectivity index (χ2v) is 5.05. The molecule has 0 saturated carbocycles. The Kier molecular flexibility index (Phi) is 4.22. The van der Waals surface area contributed by atoms with Crippen molar-refractivity contribution in [2.24, 2.45) is 0 Å². The molecule has 6 nitrogen and oxygen atoms in total. The van der Waals surface area contributed by atoms with Crippen LogP contribution in [0.3, 0.4) is 0 Å². The van der Waals surface area contributed by atoms with E-state index in [0.29, 0.717) is 0 Å². The maximum absolute atomic E-state index is 11.8. The van der Waals surface area contributed by atoms with Gasteiger partial charge in [-0.05, 0) is 13.0 Å². The van der Waals surface area contributed by atoms with Crippen molar-refractivity contribution in [3.63, 3.8) is 0 Å². The minimum Gasteiger partial charge on any atom is -0.398 e. The molecule has 0 fully saturated rings. The molecule has 90 valence electrons. The Morgan fingerprint density at radius 3 is 2.88 bits per heavy atom. The zero-order valence-electron chi connectivity index (χ0n) is 9.17. The van der Waals surface area contributed by atoms with E-state index in [0.717, 1.165) is 0 Å². The maximum Gasteiger partial charge on any atom is 0.244 e. The predicted octanol–water partition coefficient (Wildman–Crippen LogP) is -0.0230. The quantitative estimate of drug-likeness (QED) is 0.760. The van der Waals surface area contributed by atoms with Gasteiger partial charge in [0.25, 0.3) is 0 Å². The third-order valence-electron chi connectivity index (χ3n) is 2.07. The lowest BCUT2D eigenvalue weighted by Gasteiger charge is -2.12. The number of pyridine rings is 1. The van der Waals surface area contributed by atoms with E-state index in [-0.39, 0.29) is 23.2 Å². The van der Waals surface area contributed by atoms with Gasteiger partial charge in [0.1, 0.15) is 4.90 Å². The van der Waals surface area contributed by atoms with E-state index in [1.54, 1.807) is 6.92 Å². The zero-order valence-corrected chi connectivity index (χ0v) is 9.99. The SMILES string of the molecule is COC(C)CNS(=O)(=O)c1cnccc1N. The second-order valence-electron chi connectivity index (χ2n) is 3.31. The molecule has 1 rings (SSSR count). The van der Waals surface area contributed by atoms with Crippen LogP contribution in [0.5, 0.6) is 0 Å². The fourth-order valence-corrected chi connectivity index (χ4v) is 2.19. The molecular weight excluding hydrogens is 230 g/mol. The summed E-state index contributed by atoms with van der Waals surface area (Å²) in [6.45, 7) is 1.95. The van der Waals surface area contributed by atoms with Crippen LogP contribution in [0.4, 0.5) is 5.69 Å². The van der Waals surface area contributed by atoms with Gasteiger partial charge in [0.2, 0.25) is 10.0 Å². The van der Waals surface area contributed by atoms with Gasteiger partial charge < -0.3 is 10.5 Å². The van der Waals surface area contributed by atoms with E-state index in [1.165, 1.54) is 25.6 Å². The van der Waals surface area contributed by atoms with Crippen LogP contribution >= 0.6 is 0 Å². The highest BCUT2D eigenvalue weighted by atomic mass is 32.2. The molecule has 0 radical (unpaired) electrons. The van der Waals surface area contributed by atoms with Crippen LogP contribution in [0, 0.1) is 0 Å². The number of ether oxygens (including phenoxy) is 1. The van der Waals surface area contributed by atoms with E-state index < -0.39 is 10.0 Å². The first-order valence-electron chi connectivity index (χ1n) is 4.69. The molecule has 1 unspecified atom stereocenters. The van der Waals surface area contributed by atoms with Gasteiger partial charge in [-0.2, -0.15) is 0 Å². The molecule has 0 bridgehead atoms. The normalized spacial score (nSPS) is 13.6. The molecule has 7 heteroatoms. The molecule has 0 amide bonds. The molecule has 1 aromatic rings. The summed E-state index contributed by atoms with van der Waals surface area (Å²) < 4.78 is 30.9. The summed E-state index contributed by atoms with van der Waals surface area (Å²) in [6.07, 6.45) is 2.45. The first kappa shape index (κ1) is 12.9. The Labute approximate surface area is 94.9 Å². The Bertz CT molecular complexity index is 447. The highest BCUT2D eigenvalue weighted by molar-refractivity contribution is 7.89. The predicted molar refractivity (Wildman–Crippen MR) is 60.3 cm³/mol. The number of hydrogen-bond acceptors (Lipinski definition) is 5. The van der Waals surface area contributed by atoms with Crippen LogP contribution in [-0.4, -0.2) is 33.2 Å². The van der Waals surface area contributed by atoms with Crippen LogP contribution in [0.15, 0.2) is 23.4 Å². The molecule has 0 saturated heterocycles. The number of methoxy groups -OCH3 is 1. The standard InChI is InChI=1S/C9H15N3O3S/c1-7(15-2)5-12-16(13,14)9-6-11-4-3-8(9)10/h3-4,6-7,12H,5H2,1-2H3,(H2,10,11). The lowest BCUT2D eigenvalue weighted by molar-refractivity contribution is 0.122. The molecule has 1 heterocycles. The second kappa shape index (κ2) is 5.24. The molecule has 3 N–H and O–H groups in total. The fraction of sp³-hybridized carbons (Fsp3) is 0.444. The van der Waals surface area contributed by atoms with Gasteiger partial charge in [0.05, 0.1) is 11.8 Å². The average Bonchev–Trinajstić information content (AvgIpc) is 2.26. The van der Waals surface area contributed by atoms with Crippen molar-refractivity contribution in [2.45, 2.75) is 17.9 Å². The van der Waals surface area contributed by atoms with Gasteiger partial charge >= 0.3 is 0 Å². The molecule has 0 aliphatic rings. The van der Waals surface area contributed by atoms with Gasteiger partial charge in [-0.15, -0.1) is 0 Å². The number of nitrogen functional groups attached to an aromatic ring is 1. The van der Waals surface area contributed by atoms with Crippen LogP contribution in [-0.2, 0) is 14.8 Å². The summed E-state index contributed by atoms with van der Waals surface area (Å²) in [6, 6.07) is 1.44. The number of nitrogens with one attached hydrogen (secondary N) is 1. The van der Waals surface area contributed by atoms with E-state index in [9.17, 15) is 8.42 Å². The summed E-state index contributed by atoms with van der Waals surface area (Å²) in [5.74, 6) is 0. The summed E-state index contributed by atoms with van der Waals surface area (Å²) in [5, 5.41) is 0. The Morgan fingerprint density at radius 1 is 1.62 bits per heavy atom. The van der Waals surface area contributed by atoms with Crippen LogP contribution in [0.1, 0.15) is 6.92 Å². The molecule has 0 aliphatic carbocycles. The van der Waals surface area contributed by atoms with E-state index in [4.69, 9.17) is 10.5 Å². The van der Waals surface area contributed by atoms with Gasteiger partial charge in [-0.1, -0.05) is 0 Å². The number of nitrogens with two attached hydrogens (primary N) is 1. The summed E-state index contributed by atoms with van der Waals surface area (Å²) in [7, 11) is -2.10. The molecule has 1 atom stereocenters. The van der Waals surface area contributed by atoms with Gasteiger partial charge in [0.15, 0.2) is 0 Å². The van der Waals surface area contributed by atoms with Crippen molar-refractivity contribution in [3.8, 4) is 0 Å². The van der Waals surface area contributed by atoms with Crippen molar-refractivity contribution in [2.75, 3.05) is 19.4 Å². The fourth-order valence-electron chi connectivity index (χ4n) is 1.00. The highest BCUT2D eigenvalue weighted by Crippen LogP contribution is 2.15. The number of hydrogen-bond donors (Lipinski definition) is 2. The minimum absolute atomic E-state index is 0.0155. The number of sulfonamides is 1. The van der Waals surface area contributed by atoms with E-state index in [1.807, 2.05) is 0 Å². The zero-order chi connectivity index (χ0) is 12.2. The largest absolute Gasteiger partial charge is 0.398 e. The minimum atomic E-state index is -3.61. The summed E-state index contributed by atoms with van der Waals surface area (Å²) in [4.78, 5) is 3.71. The molecule has 16 heavy (non-hydrogen) atoms. The van der Waals surface area contributed by atoms with Crippen molar-refractivity contribution in [3.05, 3.63) is 18.5 Å². The highest BCUT2D eigenvalue weighted by Gasteiger charge is 2.17.